The van der Waals surface area contributed by atoms with Gasteiger partial charge in [-0.2, -0.15) is 13.9 Å². The summed E-state index contributed by atoms with van der Waals surface area (Å²) >= 11 is 0. The van der Waals surface area contributed by atoms with E-state index in [0.717, 1.165) is 16.6 Å². The molecular formula is C11H15F2N5. The number of nitrogens with one attached hydrogen (secondary N) is 1. The van der Waals surface area contributed by atoms with Gasteiger partial charge < -0.3 is 5.32 Å². The average molecular weight is 255 g/mol. The number of imidazole rings is 1. The molecule has 0 aliphatic carbocycles. The Bertz CT molecular complexity index is 491. The number of rotatable bonds is 6. The van der Waals surface area contributed by atoms with Gasteiger partial charge in [-0.25, -0.2) is 4.98 Å². The molecule has 0 atom stereocenters. The molecule has 0 amide bonds. The predicted molar refractivity (Wildman–Crippen MR) is 62.1 cm³/mol. The van der Waals surface area contributed by atoms with Crippen LogP contribution in [0.1, 0.15) is 17.9 Å². The van der Waals surface area contributed by atoms with Crippen molar-refractivity contribution in [1.82, 2.24) is 24.6 Å². The monoisotopic (exact) mass is 255 g/mol. The lowest BCUT2D eigenvalue weighted by atomic mass is 10.2. The van der Waals surface area contributed by atoms with Crippen molar-refractivity contribution in [2.24, 2.45) is 7.05 Å². The van der Waals surface area contributed by atoms with E-state index in [1.54, 1.807) is 10.9 Å². The van der Waals surface area contributed by atoms with Gasteiger partial charge in [0.1, 0.15) is 5.82 Å². The molecule has 0 aliphatic rings. The maximum absolute atomic E-state index is 12.5. The third-order valence-corrected chi connectivity index (χ3v) is 2.59. The van der Waals surface area contributed by atoms with Gasteiger partial charge in [-0.3, -0.25) is 9.25 Å². The van der Waals surface area contributed by atoms with Crippen LogP contribution in [0.15, 0.2) is 24.8 Å². The Morgan fingerprint density at radius 3 is 2.94 bits per heavy atom. The van der Waals surface area contributed by atoms with Gasteiger partial charge in [-0.1, -0.05) is 0 Å². The Hall–Kier alpha value is -1.76. The van der Waals surface area contributed by atoms with E-state index in [4.69, 9.17) is 0 Å². The van der Waals surface area contributed by atoms with Crippen LogP contribution in [0.5, 0.6) is 0 Å². The standard InChI is InChI=1S/C11H15F2N5/c1-17-8-9(6-16-17)2-3-14-7-10-15-4-5-18(10)11(12)13/h4-6,8,11,14H,2-3,7H2,1H3. The van der Waals surface area contributed by atoms with Crippen LogP contribution in [0.4, 0.5) is 8.78 Å². The molecule has 2 rings (SSSR count). The molecule has 0 unspecified atom stereocenters. The molecule has 0 saturated carbocycles. The van der Waals surface area contributed by atoms with Gasteiger partial charge in [0.2, 0.25) is 0 Å². The summed E-state index contributed by atoms with van der Waals surface area (Å²) in [5.74, 6) is 0.344. The van der Waals surface area contributed by atoms with Gasteiger partial charge >= 0.3 is 6.55 Å². The van der Waals surface area contributed by atoms with Gasteiger partial charge in [0.15, 0.2) is 0 Å². The zero-order valence-corrected chi connectivity index (χ0v) is 10.1. The fourth-order valence-electron chi connectivity index (χ4n) is 1.69. The molecule has 0 saturated heterocycles. The summed E-state index contributed by atoms with van der Waals surface area (Å²) in [6.45, 7) is -1.51. The van der Waals surface area contributed by atoms with E-state index in [0.29, 0.717) is 18.9 Å². The largest absolute Gasteiger partial charge is 0.319 e. The molecule has 2 aromatic rings. The number of aryl methyl sites for hydroxylation is 1. The lowest BCUT2D eigenvalue weighted by molar-refractivity contribution is 0.0666. The highest BCUT2D eigenvalue weighted by Crippen LogP contribution is 2.11. The summed E-state index contributed by atoms with van der Waals surface area (Å²) in [5.41, 5.74) is 1.11. The summed E-state index contributed by atoms with van der Waals surface area (Å²) in [7, 11) is 1.86. The summed E-state index contributed by atoms with van der Waals surface area (Å²) in [6, 6.07) is 0. The summed E-state index contributed by atoms with van der Waals surface area (Å²) in [4.78, 5) is 3.89. The van der Waals surface area contributed by atoms with E-state index in [9.17, 15) is 8.78 Å². The van der Waals surface area contributed by atoms with E-state index < -0.39 is 6.55 Å². The highest BCUT2D eigenvalue weighted by Gasteiger charge is 2.10. The van der Waals surface area contributed by atoms with Crippen molar-refractivity contribution >= 4 is 0 Å². The van der Waals surface area contributed by atoms with E-state index in [-0.39, 0.29) is 0 Å². The number of alkyl halides is 2. The fourth-order valence-corrected chi connectivity index (χ4v) is 1.69. The second-order valence-electron chi connectivity index (χ2n) is 3.98. The number of hydrogen-bond acceptors (Lipinski definition) is 3. The van der Waals surface area contributed by atoms with Crippen molar-refractivity contribution in [3.63, 3.8) is 0 Å². The Morgan fingerprint density at radius 2 is 2.28 bits per heavy atom. The first-order valence-corrected chi connectivity index (χ1v) is 5.65. The normalized spacial score (nSPS) is 11.3. The second-order valence-corrected chi connectivity index (χ2v) is 3.98. The van der Waals surface area contributed by atoms with Gasteiger partial charge in [0, 0.05) is 25.6 Å². The molecule has 1 N–H and O–H groups in total. The van der Waals surface area contributed by atoms with Crippen LogP contribution in [0.3, 0.4) is 0 Å². The van der Waals surface area contributed by atoms with Crippen molar-refractivity contribution in [2.75, 3.05) is 6.54 Å². The van der Waals surface area contributed by atoms with Crippen molar-refractivity contribution < 1.29 is 8.78 Å². The summed E-state index contributed by atoms with van der Waals surface area (Å²) < 4.78 is 27.6. The molecule has 0 aliphatic heterocycles. The zero-order chi connectivity index (χ0) is 13.0. The van der Waals surface area contributed by atoms with Crippen LogP contribution < -0.4 is 5.32 Å². The maximum Gasteiger partial charge on any atom is 0.319 e. The van der Waals surface area contributed by atoms with Crippen LogP contribution in [0.25, 0.3) is 0 Å². The third kappa shape index (κ3) is 3.13. The average Bonchev–Trinajstić information content (AvgIpc) is 2.93. The number of nitrogens with zero attached hydrogens (tertiary/aromatic N) is 4. The van der Waals surface area contributed by atoms with E-state index >= 15 is 0 Å². The van der Waals surface area contributed by atoms with E-state index in [1.165, 1.54) is 12.4 Å². The smallest absolute Gasteiger partial charge is 0.310 e. The van der Waals surface area contributed by atoms with Crippen molar-refractivity contribution in [2.45, 2.75) is 19.5 Å². The number of halogens is 2. The second kappa shape index (κ2) is 5.72. The third-order valence-electron chi connectivity index (χ3n) is 2.59. The van der Waals surface area contributed by atoms with Crippen LogP contribution in [0, 0.1) is 0 Å². The summed E-state index contributed by atoms with van der Waals surface area (Å²) in [5, 5.41) is 7.14. The molecular weight excluding hydrogens is 240 g/mol. The topological polar surface area (TPSA) is 47.7 Å². The zero-order valence-electron chi connectivity index (χ0n) is 10.1. The van der Waals surface area contributed by atoms with Crippen LogP contribution in [-0.4, -0.2) is 25.9 Å². The van der Waals surface area contributed by atoms with Crippen molar-refractivity contribution in [3.05, 3.63) is 36.2 Å². The van der Waals surface area contributed by atoms with Crippen molar-refractivity contribution in [3.8, 4) is 0 Å². The first kappa shape index (κ1) is 12.7. The van der Waals surface area contributed by atoms with Gasteiger partial charge in [0.05, 0.1) is 12.7 Å². The van der Waals surface area contributed by atoms with E-state index in [2.05, 4.69) is 15.4 Å². The SMILES string of the molecule is Cn1cc(CCNCc2nccn2C(F)F)cn1. The molecule has 18 heavy (non-hydrogen) atoms. The minimum absolute atomic E-state index is 0.331. The quantitative estimate of drug-likeness (QED) is 0.792. The Morgan fingerprint density at radius 1 is 1.44 bits per heavy atom. The molecule has 98 valence electrons. The molecule has 5 nitrogen and oxygen atoms in total. The molecule has 2 heterocycles. The van der Waals surface area contributed by atoms with E-state index in [1.807, 2.05) is 13.2 Å². The lowest BCUT2D eigenvalue weighted by Crippen LogP contribution is -2.19. The highest BCUT2D eigenvalue weighted by atomic mass is 19.3. The van der Waals surface area contributed by atoms with Crippen LogP contribution in [-0.2, 0) is 20.0 Å². The van der Waals surface area contributed by atoms with Crippen LogP contribution >= 0.6 is 0 Å². The molecule has 7 heteroatoms. The first-order chi connectivity index (χ1) is 8.66. The molecule has 0 fully saturated rings. The Kier molecular flexibility index (Phi) is 4.03. The van der Waals surface area contributed by atoms with Gasteiger partial charge in [0.25, 0.3) is 0 Å². The maximum atomic E-state index is 12.5. The Labute approximate surface area is 103 Å². The van der Waals surface area contributed by atoms with Crippen LogP contribution in [0.2, 0.25) is 0 Å². The molecule has 2 aromatic heterocycles. The Balaban J connectivity index is 1.77. The molecule has 0 spiro atoms. The molecule has 0 aromatic carbocycles. The first-order valence-electron chi connectivity index (χ1n) is 5.65. The van der Waals surface area contributed by atoms with Crippen molar-refractivity contribution in [1.29, 1.82) is 0 Å². The van der Waals surface area contributed by atoms with Gasteiger partial charge in [-0.15, -0.1) is 0 Å². The highest BCUT2D eigenvalue weighted by molar-refractivity contribution is 5.04. The minimum atomic E-state index is -2.54. The number of aromatic nitrogens is 4. The summed E-state index contributed by atoms with van der Waals surface area (Å²) in [6.07, 6.45) is 7.19. The number of hydrogen-bond donors (Lipinski definition) is 1. The fraction of sp³-hybridized carbons (Fsp3) is 0.455. The van der Waals surface area contributed by atoms with Gasteiger partial charge in [-0.05, 0) is 18.5 Å². The minimum Gasteiger partial charge on any atom is -0.310 e. The molecule has 0 bridgehead atoms. The predicted octanol–water partition coefficient (Wildman–Crippen LogP) is 1.34. The lowest BCUT2D eigenvalue weighted by Gasteiger charge is -2.07. The molecule has 0 radical (unpaired) electrons.